The SMILES string of the molecule is O=C(O)c1cnn(-c2nc(N3CCCCC3)c3cc(C4CCCCC4)ccc3n2)c1. The summed E-state index contributed by atoms with van der Waals surface area (Å²) in [6, 6.07) is 6.60. The molecule has 0 bridgehead atoms. The summed E-state index contributed by atoms with van der Waals surface area (Å²) in [5.74, 6) is 0.984. The smallest absolute Gasteiger partial charge is 0.338 e. The first-order valence-electron chi connectivity index (χ1n) is 11.0. The molecule has 30 heavy (non-hydrogen) atoms. The molecule has 3 heterocycles. The number of aromatic nitrogens is 4. The fourth-order valence-corrected chi connectivity index (χ4v) is 4.80. The lowest BCUT2D eigenvalue weighted by Crippen LogP contribution is -2.30. The normalized spacial score (nSPS) is 18.1. The Morgan fingerprint density at radius 2 is 1.77 bits per heavy atom. The molecule has 1 aromatic carbocycles. The van der Waals surface area contributed by atoms with Crippen molar-refractivity contribution in [2.24, 2.45) is 0 Å². The number of anilines is 1. The van der Waals surface area contributed by atoms with E-state index in [1.165, 1.54) is 61.2 Å². The number of carboxylic acids is 1. The molecule has 2 aromatic heterocycles. The summed E-state index contributed by atoms with van der Waals surface area (Å²) in [5, 5.41) is 14.5. The van der Waals surface area contributed by atoms with Gasteiger partial charge in [-0.15, -0.1) is 0 Å². The van der Waals surface area contributed by atoms with Crippen LogP contribution in [-0.4, -0.2) is 43.9 Å². The van der Waals surface area contributed by atoms with Gasteiger partial charge in [0.15, 0.2) is 0 Å². The van der Waals surface area contributed by atoms with Gasteiger partial charge in [-0.25, -0.2) is 14.5 Å². The molecule has 1 saturated heterocycles. The van der Waals surface area contributed by atoms with E-state index >= 15 is 0 Å². The van der Waals surface area contributed by atoms with Gasteiger partial charge < -0.3 is 10.0 Å². The average Bonchev–Trinajstić information content (AvgIpc) is 3.30. The molecule has 2 aliphatic rings. The summed E-state index contributed by atoms with van der Waals surface area (Å²) in [4.78, 5) is 23.2. The van der Waals surface area contributed by atoms with E-state index in [4.69, 9.17) is 9.97 Å². The van der Waals surface area contributed by atoms with Crippen molar-refractivity contribution in [3.8, 4) is 5.95 Å². The Hall–Kier alpha value is -2.96. The molecule has 2 fully saturated rings. The van der Waals surface area contributed by atoms with E-state index in [9.17, 15) is 9.90 Å². The molecule has 1 aliphatic heterocycles. The number of rotatable bonds is 4. The molecular weight excluding hydrogens is 378 g/mol. The topological polar surface area (TPSA) is 84.1 Å². The van der Waals surface area contributed by atoms with Gasteiger partial charge in [0.05, 0.1) is 17.3 Å². The largest absolute Gasteiger partial charge is 0.478 e. The lowest BCUT2D eigenvalue weighted by Gasteiger charge is -2.29. The van der Waals surface area contributed by atoms with Gasteiger partial charge in [-0.05, 0) is 55.7 Å². The third kappa shape index (κ3) is 3.64. The second-order valence-electron chi connectivity index (χ2n) is 8.49. The minimum absolute atomic E-state index is 0.130. The number of carboxylic acid groups (broad SMARTS) is 1. The van der Waals surface area contributed by atoms with Crippen LogP contribution in [0, 0.1) is 0 Å². The molecule has 1 N–H and O–H groups in total. The van der Waals surface area contributed by atoms with Crippen LogP contribution >= 0.6 is 0 Å². The van der Waals surface area contributed by atoms with Crippen molar-refractivity contribution in [3.05, 3.63) is 41.7 Å². The summed E-state index contributed by atoms with van der Waals surface area (Å²) < 4.78 is 1.46. The van der Waals surface area contributed by atoms with Crippen LogP contribution in [0.1, 0.15) is 73.2 Å². The van der Waals surface area contributed by atoms with Gasteiger partial charge in [-0.3, -0.25) is 0 Å². The molecule has 7 nitrogen and oxygen atoms in total. The number of aromatic carboxylic acids is 1. The number of nitrogens with zero attached hydrogens (tertiary/aromatic N) is 5. The van der Waals surface area contributed by atoms with Gasteiger partial charge >= 0.3 is 5.97 Å². The van der Waals surface area contributed by atoms with Crippen molar-refractivity contribution >= 4 is 22.7 Å². The van der Waals surface area contributed by atoms with E-state index in [1.807, 2.05) is 0 Å². The van der Waals surface area contributed by atoms with Crippen LogP contribution in [0.4, 0.5) is 5.82 Å². The first kappa shape index (κ1) is 19.0. The van der Waals surface area contributed by atoms with E-state index in [-0.39, 0.29) is 5.56 Å². The predicted octanol–water partition coefficient (Wildman–Crippen LogP) is 4.55. The molecule has 0 spiro atoms. The molecule has 5 rings (SSSR count). The highest BCUT2D eigenvalue weighted by Crippen LogP contribution is 2.36. The zero-order chi connectivity index (χ0) is 20.5. The van der Waals surface area contributed by atoms with Gasteiger partial charge in [0.25, 0.3) is 5.95 Å². The van der Waals surface area contributed by atoms with Crippen molar-refractivity contribution < 1.29 is 9.90 Å². The van der Waals surface area contributed by atoms with Crippen molar-refractivity contribution in [1.82, 2.24) is 19.7 Å². The Bertz CT molecular complexity index is 1060. The van der Waals surface area contributed by atoms with Gasteiger partial charge in [-0.2, -0.15) is 10.1 Å². The summed E-state index contributed by atoms with van der Waals surface area (Å²) in [5.41, 5.74) is 2.41. The predicted molar refractivity (Wildman–Crippen MR) is 116 cm³/mol. The highest BCUT2D eigenvalue weighted by Gasteiger charge is 2.21. The fraction of sp³-hybridized carbons (Fsp3) is 0.478. The average molecular weight is 406 g/mol. The van der Waals surface area contributed by atoms with Gasteiger partial charge in [-0.1, -0.05) is 25.3 Å². The quantitative estimate of drug-likeness (QED) is 0.685. The van der Waals surface area contributed by atoms with E-state index in [0.29, 0.717) is 11.9 Å². The standard InChI is InChI=1S/C23H27N5O2/c29-22(30)18-14-24-28(15-18)23-25-20-10-9-17(16-7-3-1-4-8-16)13-19(20)21(26-23)27-11-5-2-6-12-27/h9-10,13-16H,1-8,11-12H2,(H,29,30). The minimum atomic E-state index is -1.00. The Labute approximate surface area is 175 Å². The molecule has 156 valence electrons. The van der Waals surface area contributed by atoms with Crippen molar-refractivity contribution in [3.63, 3.8) is 0 Å². The maximum Gasteiger partial charge on any atom is 0.338 e. The van der Waals surface area contributed by atoms with E-state index in [1.54, 1.807) is 0 Å². The highest BCUT2D eigenvalue weighted by molar-refractivity contribution is 5.91. The molecule has 0 atom stereocenters. The summed E-state index contributed by atoms with van der Waals surface area (Å²) in [6.45, 7) is 1.97. The van der Waals surface area contributed by atoms with Crippen LogP contribution in [0.25, 0.3) is 16.9 Å². The van der Waals surface area contributed by atoms with Crippen LogP contribution in [0.2, 0.25) is 0 Å². The first-order valence-corrected chi connectivity index (χ1v) is 11.0. The van der Waals surface area contributed by atoms with Crippen LogP contribution in [0.15, 0.2) is 30.6 Å². The lowest BCUT2D eigenvalue weighted by atomic mass is 9.84. The Balaban J connectivity index is 1.61. The lowest BCUT2D eigenvalue weighted by molar-refractivity contribution is 0.0697. The number of benzene rings is 1. The van der Waals surface area contributed by atoms with E-state index in [2.05, 4.69) is 28.2 Å². The maximum absolute atomic E-state index is 11.3. The van der Waals surface area contributed by atoms with Crippen molar-refractivity contribution in [2.75, 3.05) is 18.0 Å². The summed E-state index contributed by atoms with van der Waals surface area (Å²) >= 11 is 0. The van der Waals surface area contributed by atoms with Crippen molar-refractivity contribution in [1.29, 1.82) is 0 Å². The molecule has 0 unspecified atom stereocenters. The van der Waals surface area contributed by atoms with E-state index in [0.717, 1.165) is 42.7 Å². The molecule has 3 aromatic rings. The Morgan fingerprint density at radius 3 is 2.50 bits per heavy atom. The second kappa shape index (κ2) is 8.05. The van der Waals surface area contributed by atoms with Crippen LogP contribution in [-0.2, 0) is 0 Å². The highest BCUT2D eigenvalue weighted by atomic mass is 16.4. The molecule has 1 aliphatic carbocycles. The minimum Gasteiger partial charge on any atom is -0.478 e. The van der Waals surface area contributed by atoms with Crippen LogP contribution in [0.3, 0.4) is 0 Å². The van der Waals surface area contributed by atoms with Gasteiger partial charge in [0.2, 0.25) is 0 Å². The molecule has 7 heteroatoms. The van der Waals surface area contributed by atoms with E-state index < -0.39 is 5.97 Å². The van der Waals surface area contributed by atoms with Gasteiger partial charge in [0.1, 0.15) is 5.82 Å². The zero-order valence-corrected chi connectivity index (χ0v) is 17.1. The fourth-order valence-electron chi connectivity index (χ4n) is 4.80. The number of fused-ring (bicyclic) bond motifs is 1. The number of hydrogen-bond acceptors (Lipinski definition) is 5. The van der Waals surface area contributed by atoms with Gasteiger partial charge in [0, 0.05) is 24.7 Å². The Kier molecular flexibility index (Phi) is 5.11. The summed E-state index contributed by atoms with van der Waals surface area (Å²) in [7, 11) is 0. The number of piperidine rings is 1. The van der Waals surface area contributed by atoms with Crippen LogP contribution in [0.5, 0.6) is 0 Å². The molecule has 1 saturated carbocycles. The molecule has 0 amide bonds. The molecule has 0 radical (unpaired) electrons. The monoisotopic (exact) mass is 405 g/mol. The van der Waals surface area contributed by atoms with Crippen LogP contribution < -0.4 is 4.90 Å². The zero-order valence-electron chi connectivity index (χ0n) is 17.1. The third-order valence-electron chi connectivity index (χ3n) is 6.45. The second-order valence-corrected chi connectivity index (χ2v) is 8.49. The number of hydrogen-bond donors (Lipinski definition) is 1. The Morgan fingerprint density at radius 1 is 1.00 bits per heavy atom. The number of carbonyl (C=O) groups is 1. The first-order chi connectivity index (χ1) is 14.7. The van der Waals surface area contributed by atoms with Crippen molar-refractivity contribution in [2.45, 2.75) is 57.3 Å². The third-order valence-corrected chi connectivity index (χ3v) is 6.45. The summed E-state index contributed by atoms with van der Waals surface area (Å²) in [6.07, 6.45) is 12.9. The molecular formula is C23H27N5O2. The maximum atomic E-state index is 11.3.